The molecular weight excluding hydrogens is 256 g/mol. The fraction of sp³-hybridized carbons (Fsp3) is 0.364. The quantitative estimate of drug-likeness (QED) is 0.910. The first kappa shape index (κ1) is 10.6. The maximum Gasteiger partial charge on any atom is 0.0928 e. The van der Waals surface area contributed by atoms with E-state index in [-0.39, 0.29) is 12.6 Å². The minimum atomic E-state index is 0.0190. The first-order valence-electron chi connectivity index (χ1n) is 4.91. The molecule has 0 spiro atoms. The SMILES string of the molecule is CC(C)n1nc2ccc(Br)cc2c1CO. The summed E-state index contributed by atoms with van der Waals surface area (Å²) in [6, 6.07) is 6.17. The molecule has 0 saturated carbocycles. The van der Waals surface area contributed by atoms with Crippen molar-refractivity contribution in [3.63, 3.8) is 0 Å². The van der Waals surface area contributed by atoms with Gasteiger partial charge < -0.3 is 5.11 Å². The van der Waals surface area contributed by atoms with Crippen LogP contribution < -0.4 is 0 Å². The van der Waals surface area contributed by atoms with Crippen molar-refractivity contribution >= 4 is 26.8 Å². The van der Waals surface area contributed by atoms with Crippen molar-refractivity contribution < 1.29 is 5.11 Å². The van der Waals surface area contributed by atoms with Gasteiger partial charge in [0.1, 0.15) is 0 Å². The van der Waals surface area contributed by atoms with Crippen molar-refractivity contribution in [2.75, 3.05) is 0 Å². The molecule has 0 fully saturated rings. The van der Waals surface area contributed by atoms with Crippen LogP contribution in [0.5, 0.6) is 0 Å². The minimum absolute atomic E-state index is 0.0190. The van der Waals surface area contributed by atoms with E-state index in [0.717, 1.165) is 21.1 Å². The maximum atomic E-state index is 9.37. The molecule has 0 bridgehead atoms. The average Bonchev–Trinajstić information content (AvgIpc) is 2.55. The van der Waals surface area contributed by atoms with Gasteiger partial charge in [0.25, 0.3) is 0 Å². The zero-order valence-corrected chi connectivity index (χ0v) is 10.3. The topological polar surface area (TPSA) is 38.0 Å². The van der Waals surface area contributed by atoms with Crippen LogP contribution in [0.15, 0.2) is 22.7 Å². The second-order valence-electron chi connectivity index (χ2n) is 3.80. The van der Waals surface area contributed by atoms with Crippen molar-refractivity contribution in [2.45, 2.75) is 26.5 Å². The van der Waals surface area contributed by atoms with Gasteiger partial charge in [-0.15, -0.1) is 0 Å². The molecule has 1 aromatic carbocycles. The summed E-state index contributed by atoms with van der Waals surface area (Å²) in [6.45, 7) is 4.13. The molecule has 0 aliphatic heterocycles. The Hall–Kier alpha value is -0.870. The van der Waals surface area contributed by atoms with Gasteiger partial charge in [0.05, 0.1) is 17.8 Å². The molecule has 0 amide bonds. The standard InChI is InChI=1S/C11H13BrN2O/c1-7(2)14-11(6-15)9-5-8(12)3-4-10(9)13-14/h3-5,7,15H,6H2,1-2H3. The van der Waals surface area contributed by atoms with Crippen LogP contribution in [0.1, 0.15) is 25.6 Å². The second-order valence-corrected chi connectivity index (χ2v) is 4.72. The lowest BCUT2D eigenvalue weighted by Gasteiger charge is -2.08. The van der Waals surface area contributed by atoms with Gasteiger partial charge in [-0.05, 0) is 32.0 Å². The Kier molecular flexibility index (Phi) is 2.80. The van der Waals surface area contributed by atoms with Crippen molar-refractivity contribution in [2.24, 2.45) is 0 Å². The number of aromatic nitrogens is 2. The van der Waals surface area contributed by atoms with Crippen molar-refractivity contribution in [3.05, 3.63) is 28.4 Å². The van der Waals surface area contributed by atoms with Gasteiger partial charge in [-0.25, -0.2) is 0 Å². The van der Waals surface area contributed by atoms with Gasteiger partial charge in [-0.3, -0.25) is 4.68 Å². The number of aliphatic hydroxyl groups is 1. The van der Waals surface area contributed by atoms with Gasteiger partial charge in [0, 0.05) is 15.9 Å². The minimum Gasteiger partial charge on any atom is -0.390 e. The largest absolute Gasteiger partial charge is 0.390 e. The van der Waals surface area contributed by atoms with E-state index in [2.05, 4.69) is 34.9 Å². The fourth-order valence-electron chi connectivity index (χ4n) is 1.71. The molecule has 2 rings (SSSR count). The van der Waals surface area contributed by atoms with E-state index in [0.29, 0.717) is 0 Å². The first-order chi connectivity index (χ1) is 7.13. The Morgan fingerprint density at radius 1 is 1.47 bits per heavy atom. The van der Waals surface area contributed by atoms with Crippen LogP contribution in [0.4, 0.5) is 0 Å². The third kappa shape index (κ3) is 1.79. The van der Waals surface area contributed by atoms with Crippen LogP contribution in [-0.2, 0) is 6.61 Å². The summed E-state index contributed by atoms with van der Waals surface area (Å²) < 4.78 is 2.88. The van der Waals surface area contributed by atoms with Crippen LogP contribution in [0, 0.1) is 0 Å². The number of nitrogens with zero attached hydrogens (tertiary/aromatic N) is 2. The van der Waals surface area contributed by atoms with Crippen LogP contribution >= 0.6 is 15.9 Å². The Balaban J connectivity index is 2.74. The second kappa shape index (κ2) is 3.94. The lowest BCUT2D eigenvalue weighted by molar-refractivity contribution is 0.266. The normalized spacial score (nSPS) is 11.5. The number of fused-ring (bicyclic) bond motifs is 1. The molecule has 1 aromatic heterocycles. The molecule has 0 unspecified atom stereocenters. The number of aliphatic hydroxyl groups excluding tert-OH is 1. The number of hydrogen-bond donors (Lipinski definition) is 1. The molecule has 0 saturated heterocycles. The average molecular weight is 269 g/mol. The summed E-state index contributed by atoms with van der Waals surface area (Å²) in [4.78, 5) is 0. The van der Waals surface area contributed by atoms with E-state index in [9.17, 15) is 5.11 Å². The Morgan fingerprint density at radius 3 is 2.80 bits per heavy atom. The monoisotopic (exact) mass is 268 g/mol. The van der Waals surface area contributed by atoms with E-state index < -0.39 is 0 Å². The van der Waals surface area contributed by atoms with Crippen LogP contribution in [-0.4, -0.2) is 14.9 Å². The molecule has 80 valence electrons. The molecule has 1 N–H and O–H groups in total. The van der Waals surface area contributed by atoms with Gasteiger partial charge >= 0.3 is 0 Å². The summed E-state index contributed by atoms with van der Waals surface area (Å²) in [5.74, 6) is 0. The number of hydrogen-bond acceptors (Lipinski definition) is 2. The van der Waals surface area contributed by atoms with E-state index in [1.165, 1.54) is 0 Å². The highest BCUT2D eigenvalue weighted by Crippen LogP contribution is 2.24. The lowest BCUT2D eigenvalue weighted by atomic mass is 10.2. The van der Waals surface area contributed by atoms with Crippen molar-refractivity contribution in [1.29, 1.82) is 0 Å². The molecule has 1 heterocycles. The summed E-state index contributed by atoms with van der Waals surface area (Å²) in [7, 11) is 0. The Labute approximate surface area is 96.8 Å². The van der Waals surface area contributed by atoms with E-state index in [4.69, 9.17) is 0 Å². The van der Waals surface area contributed by atoms with Gasteiger partial charge in [-0.2, -0.15) is 5.10 Å². The molecule has 0 aliphatic carbocycles. The smallest absolute Gasteiger partial charge is 0.0928 e. The zero-order chi connectivity index (χ0) is 11.0. The number of halogens is 1. The van der Waals surface area contributed by atoms with Crippen LogP contribution in [0.3, 0.4) is 0 Å². The third-order valence-corrected chi connectivity index (χ3v) is 2.89. The summed E-state index contributed by atoms with van der Waals surface area (Å²) in [5.41, 5.74) is 1.80. The molecule has 0 atom stereocenters. The molecule has 3 nitrogen and oxygen atoms in total. The highest BCUT2D eigenvalue weighted by molar-refractivity contribution is 9.10. The molecule has 4 heteroatoms. The fourth-order valence-corrected chi connectivity index (χ4v) is 2.07. The summed E-state index contributed by atoms with van der Waals surface area (Å²) >= 11 is 3.42. The van der Waals surface area contributed by atoms with Gasteiger partial charge in [0.2, 0.25) is 0 Å². The molecule has 2 aromatic rings. The van der Waals surface area contributed by atoms with E-state index in [1.54, 1.807) is 0 Å². The summed E-state index contributed by atoms with van der Waals surface area (Å²) in [6.07, 6.45) is 0. The van der Waals surface area contributed by atoms with Crippen LogP contribution in [0.25, 0.3) is 10.9 Å². The predicted molar refractivity (Wildman–Crippen MR) is 63.7 cm³/mol. The van der Waals surface area contributed by atoms with E-state index in [1.807, 2.05) is 22.9 Å². The van der Waals surface area contributed by atoms with Crippen molar-refractivity contribution in [3.8, 4) is 0 Å². The number of rotatable bonds is 2. The van der Waals surface area contributed by atoms with E-state index >= 15 is 0 Å². The van der Waals surface area contributed by atoms with Gasteiger partial charge in [-0.1, -0.05) is 15.9 Å². The molecule has 0 aliphatic rings. The lowest BCUT2D eigenvalue weighted by Crippen LogP contribution is -2.07. The maximum absolute atomic E-state index is 9.37. The highest BCUT2D eigenvalue weighted by Gasteiger charge is 2.12. The Morgan fingerprint density at radius 2 is 2.20 bits per heavy atom. The first-order valence-corrected chi connectivity index (χ1v) is 5.70. The van der Waals surface area contributed by atoms with Crippen molar-refractivity contribution in [1.82, 2.24) is 9.78 Å². The number of benzene rings is 1. The third-order valence-electron chi connectivity index (χ3n) is 2.40. The highest BCUT2D eigenvalue weighted by atomic mass is 79.9. The van der Waals surface area contributed by atoms with Crippen LogP contribution in [0.2, 0.25) is 0 Å². The molecule has 15 heavy (non-hydrogen) atoms. The predicted octanol–water partition coefficient (Wildman–Crippen LogP) is 2.87. The Bertz CT molecular complexity index is 491. The molecule has 0 radical (unpaired) electrons. The summed E-state index contributed by atoms with van der Waals surface area (Å²) in [5, 5.41) is 14.8. The molecular formula is C11H13BrN2O. The van der Waals surface area contributed by atoms with Gasteiger partial charge in [0.15, 0.2) is 0 Å². The zero-order valence-electron chi connectivity index (χ0n) is 8.74.